The molecule has 23 heavy (non-hydrogen) atoms. The number of carbonyl (C=O) groups excluding carboxylic acids is 1. The molecule has 3 rings (SSSR count). The molecule has 2 N–H and O–H groups in total. The molecule has 0 spiro atoms. The minimum absolute atomic E-state index is 0.0733. The normalized spacial score (nSPS) is 18.8. The topological polar surface area (TPSA) is 49.6 Å². The lowest BCUT2D eigenvalue weighted by Crippen LogP contribution is -2.53. The standard InChI is InChI=1S/C19H23N3O/c1-15-13-21(14-16-6-3-2-4-7-16)10-11-22(15)19(23)17-8-5-9-18(20)12-17/h2-9,12,15H,10-11,13-14,20H2,1H3. The first kappa shape index (κ1) is 15.6. The van der Waals surface area contributed by atoms with E-state index in [4.69, 9.17) is 5.73 Å². The molecule has 1 amide bonds. The Kier molecular flexibility index (Phi) is 4.63. The summed E-state index contributed by atoms with van der Waals surface area (Å²) < 4.78 is 0. The van der Waals surface area contributed by atoms with Gasteiger partial charge in [-0.25, -0.2) is 0 Å². The molecule has 1 atom stereocenters. The first-order chi connectivity index (χ1) is 11.1. The summed E-state index contributed by atoms with van der Waals surface area (Å²) in [6, 6.07) is 17.9. The molecule has 2 aromatic rings. The molecule has 4 heteroatoms. The second kappa shape index (κ2) is 6.84. The highest BCUT2D eigenvalue weighted by Gasteiger charge is 2.28. The van der Waals surface area contributed by atoms with Gasteiger partial charge < -0.3 is 10.6 Å². The molecule has 0 radical (unpaired) electrons. The summed E-state index contributed by atoms with van der Waals surface area (Å²) in [4.78, 5) is 17.0. The van der Waals surface area contributed by atoms with E-state index >= 15 is 0 Å². The van der Waals surface area contributed by atoms with Crippen molar-refractivity contribution in [3.63, 3.8) is 0 Å². The van der Waals surface area contributed by atoms with E-state index in [0.29, 0.717) is 11.3 Å². The zero-order chi connectivity index (χ0) is 16.2. The van der Waals surface area contributed by atoms with E-state index < -0.39 is 0 Å². The van der Waals surface area contributed by atoms with Gasteiger partial charge in [0.05, 0.1) is 0 Å². The number of benzene rings is 2. The SMILES string of the molecule is CC1CN(Cc2ccccc2)CCN1C(=O)c1cccc(N)c1. The van der Waals surface area contributed by atoms with Crippen LogP contribution in [0, 0.1) is 0 Å². The Labute approximate surface area is 137 Å². The van der Waals surface area contributed by atoms with Crippen molar-refractivity contribution < 1.29 is 4.79 Å². The number of piperazine rings is 1. The maximum atomic E-state index is 12.7. The van der Waals surface area contributed by atoms with Crippen LogP contribution in [0.4, 0.5) is 5.69 Å². The Morgan fingerprint density at radius 2 is 1.91 bits per heavy atom. The summed E-state index contributed by atoms with van der Waals surface area (Å²) in [5.41, 5.74) is 8.41. The Morgan fingerprint density at radius 1 is 1.13 bits per heavy atom. The van der Waals surface area contributed by atoms with Crippen LogP contribution in [-0.4, -0.2) is 41.4 Å². The summed E-state index contributed by atoms with van der Waals surface area (Å²) in [6.45, 7) is 5.59. The van der Waals surface area contributed by atoms with Crippen LogP contribution in [0.25, 0.3) is 0 Å². The fraction of sp³-hybridized carbons (Fsp3) is 0.316. The van der Waals surface area contributed by atoms with E-state index in [2.05, 4.69) is 36.1 Å². The zero-order valence-electron chi connectivity index (χ0n) is 13.5. The van der Waals surface area contributed by atoms with Crippen molar-refractivity contribution in [3.8, 4) is 0 Å². The summed E-state index contributed by atoms with van der Waals surface area (Å²) in [5, 5.41) is 0. The number of hydrogen-bond acceptors (Lipinski definition) is 3. The van der Waals surface area contributed by atoms with Crippen LogP contribution >= 0.6 is 0 Å². The third-order valence-corrected chi connectivity index (χ3v) is 4.36. The Morgan fingerprint density at radius 3 is 2.61 bits per heavy atom. The van der Waals surface area contributed by atoms with Crippen molar-refractivity contribution in [3.05, 3.63) is 65.7 Å². The Bertz CT molecular complexity index is 671. The van der Waals surface area contributed by atoms with Gasteiger partial charge in [0.25, 0.3) is 5.91 Å². The number of carbonyl (C=O) groups is 1. The lowest BCUT2D eigenvalue weighted by Gasteiger charge is -2.40. The monoisotopic (exact) mass is 309 g/mol. The van der Waals surface area contributed by atoms with Gasteiger partial charge in [-0.2, -0.15) is 0 Å². The molecule has 1 heterocycles. The van der Waals surface area contributed by atoms with Crippen LogP contribution in [0.2, 0.25) is 0 Å². The van der Waals surface area contributed by atoms with Crippen molar-refractivity contribution in [1.82, 2.24) is 9.80 Å². The molecule has 2 aromatic carbocycles. The third-order valence-electron chi connectivity index (χ3n) is 4.36. The highest BCUT2D eigenvalue weighted by molar-refractivity contribution is 5.95. The summed E-state index contributed by atoms with van der Waals surface area (Å²) in [5.74, 6) is 0.0733. The molecule has 4 nitrogen and oxygen atoms in total. The molecule has 0 aliphatic carbocycles. The summed E-state index contributed by atoms with van der Waals surface area (Å²) >= 11 is 0. The number of hydrogen-bond donors (Lipinski definition) is 1. The maximum absolute atomic E-state index is 12.7. The molecule has 120 valence electrons. The zero-order valence-corrected chi connectivity index (χ0v) is 13.5. The van der Waals surface area contributed by atoms with Crippen LogP contribution in [0.3, 0.4) is 0 Å². The third kappa shape index (κ3) is 3.71. The Balaban J connectivity index is 1.63. The highest BCUT2D eigenvalue weighted by Crippen LogP contribution is 2.17. The molecule has 1 unspecified atom stereocenters. The summed E-state index contributed by atoms with van der Waals surface area (Å²) in [6.07, 6.45) is 0. The lowest BCUT2D eigenvalue weighted by atomic mass is 10.1. The molecule has 1 aliphatic heterocycles. The Hall–Kier alpha value is -2.33. The van der Waals surface area contributed by atoms with Crippen molar-refractivity contribution in [2.75, 3.05) is 25.4 Å². The lowest BCUT2D eigenvalue weighted by molar-refractivity contribution is 0.0475. The van der Waals surface area contributed by atoms with Crippen molar-refractivity contribution in [1.29, 1.82) is 0 Å². The fourth-order valence-corrected chi connectivity index (χ4v) is 3.16. The van der Waals surface area contributed by atoms with Gasteiger partial charge in [-0.1, -0.05) is 36.4 Å². The number of nitrogens with two attached hydrogens (primary N) is 1. The average molecular weight is 309 g/mol. The molecule has 0 saturated carbocycles. The largest absolute Gasteiger partial charge is 0.399 e. The molecular formula is C19H23N3O. The average Bonchev–Trinajstić information content (AvgIpc) is 2.55. The van der Waals surface area contributed by atoms with Crippen LogP contribution in [0.1, 0.15) is 22.8 Å². The van der Waals surface area contributed by atoms with Gasteiger partial charge in [0, 0.05) is 43.5 Å². The van der Waals surface area contributed by atoms with Crippen molar-refractivity contribution >= 4 is 11.6 Å². The van der Waals surface area contributed by atoms with Crippen LogP contribution < -0.4 is 5.73 Å². The van der Waals surface area contributed by atoms with Crippen LogP contribution in [0.15, 0.2) is 54.6 Å². The molecular weight excluding hydrogens is 286 g/mol. The van der Waals surface area contributed by atoms with Gasteiger partial charge >= 0.3 is 0 Å². The van der Waals surface area contributed by atoms with E-state index in [1.807, 2.05) is 23.1 Å². The molecule has 1 fully saturated rings. The number of nitrogen functional groups attached to an aromatic ring is 1. The van der Waals surface area contributed by atoms with E-state index in [1.165, 1.54) is 5.56 Å². The van der Waals surface area contributed by atoms with E-state index in [-0.39, 0.29) is 11.9 Å². The number of rotatable bonds is 3. The first-order valence-electron chi connectivity index (χ1n) is 8.06. The van der Waals surface area contributed by atoms with Crippen molar-refractivity contribution in [2.24, 2.45) is 0 Å². The predicted octanol–water partition coefficient (Wildman–Crippen LogP) is 2.62. The highest BCUT2D eigenvalue weighted by atomic mass is 16.2. The van der Waals surface area contributed by atoms with E-state index in [9.17, 15) is 4.79 Å². The van der Waals surface area contributed by atoms with Gasteiger partial charge in [-0.3, -0.25) is 9.69 Å². The first-order valence-corrected chi connectivity index (χ1v) is 8.06. The van der Waals surface area contributed by atoms with Gasteiger partial charge in [0.2, 0.25) is 0 Å². The summed E-state index contributed by atoms with van der Waals surface area (Å²) in [7, 11) is 0. The smallest absolute Gasteiger partial charge is 0.254 e. The number of nitrogens with zero attached hydrogens (tertiary/aromatic N) is 2. The van der Waals surface area contributed by atoms with Crippen LogP contribution in [0.5, 0.6) is 0 Å². The minimum Gasteiger partial charge on any atom is -0.399 e. The molecule has 1 saturated heterocycles. The van der Waals surface area contributed by atoms with E-state index in [0.717, 1.165) is 26.2 Å². The second-order valence-electron chi connectivity index (χ2n) is 6.19. The predicted molar refractivity (Wildman–Crippen MR) is 93.1 cm³/mol. The van der Waals surface area contributed by atoms with Gasteiger partial charge in [0.15, 0.2) is 0 Å². The quantitative estimate of drug-likeness (QED) is 0.887. The molecule has 1 aliphatic rings. The van der Waals surface area contributed by atoms with Crippen LogP contribution in [-0.2, 0) is 6.54 Å². The fourth-order valence-electron chi connectivity index (χ4n) is 3.16. The minimum atomic E-state index is 0.0733. The second-order valence-corrected chi connectivity index (χ2v) is 6.19. The molecule has 0 aromatic heterocycles. The van der Waals surface area contributed by atoms with Crippen molar-refractivity contribution in [2.45, 2.75) is 19.5 Å². The van der Waals surface area contributed by atoms with Gasteiger partial charge in [0.1, 0.15) is 0 Å². The number of anilines is 1. The number of amides is 1. The van der Waals surface area contributed by atoms with Gasteiger partial charge in [-0.15, -0.1) is 0 Å². The van der Waals surface area contributed by atoms with E-state index in [1.54, 1.807) is 12.1 Å². The molecule has 0 bridgehead atoms. The maximum Gasteiger partial charge on any atom is 0.254 e. The van der Waals surface area contributed by atoms with Gasteiger partial charge in [-0.05, 0) is 30.7 Å².